The van der Waals surface area contributed by atoms with E-state index in [-0.39, 0.29) is 23.9 Å². The maximum absolute atomic E-state index is 13.2. The molecule has 4 aliphatic rings. The third-order valence-corrected chi connectivity index (χ3v) is 9.32. The van der Waals surface area contributed by atoms with Gasteiger partial charge in [0.05, 0.1) is 6.04 Å². The van der Waals surface area contributed by atoms with E-state index in [9.17, 15) is 19.2 Å². The standard InChI is InChI=1S/C30H50N4O4/c1-22(2)17-26-21-32(29(37)30(38)34(26)20-24-13-7-4-8-14-24)16-10-9-15-25-18-31-27(35)28(36)33(25)19-23-11-5-3-6-12-23/h22-26H,3-21H2,1-2H3,(H,31,35)/t25-,26+/m1/s1. The molecule has 0 aromatic rings. The van der Waals surface area contributed by atoms with Gasteiger partial charge in [-0.1, -0.05) is 52.4 Å². The average Bonchev–Trinajstić information content (AvgIpc) is 2.91. The minimum absolute atomic E-state index is 0.0143. The Morgan fingerprint density at radius 1 is 0.737 bits per heavy atom. The van der Waals surface area contributed by atoms with Gasteiger partial charge >= 0.3 is 23.6 Å². The average molecular weight is 531 g/mol. The van der Waals surface area contributed by atoms with Crippen LogP contribution in [0.4, 0.5) is 0 Å². The molecule has 8 nitrogen and oxygen atoms in total. The van der Waals surface area contributed by atoms with Crippen LogP contribution in [-0.2, 0) is 19.2 Å². The molecular formula is C30H50N4O4. The monoisotopic (exact) mass is 530 g/mol. The third-order valence-electron chi connectivity index (χ3n) is 9.32. The molecule has 214 valence electrons. The number of unbranched alkanes of at least 4 members (excludes halogenated alkanes) is 1. The van der Waals surface area contributed by atoms with Crippen molar-refractivity contribution in [2.45, 2.75) is 116 Å². The Morgan fingerprint density at radius 3 is 1.89 bits per heavy atom. The van der Waals surface area contributed by atoms with Crippen molar-refractivity contribution in [3.05, 3.63) is 0 Å². The highest BCUT2D eigenvalue weighted by atomic mass is 16.2. The lowest BCUT2D eigenvalue weighted by Crippen LogP contribution is -2.61. The molecule has 2 saturated heterocycles. The van der Waals surface area contributed by atoms with E-state index >= 15 is 0 Å². The molecule has 0 radical (unpaired) electrons. The summed E-state index contributed by atoms with van der Waals surface area (Å²) in [7, 11) is 0. The fourth-order valence-electron chi connectivity index (χ4n) is 7.19. The molecule has 38 heavy (non-hydrogen) atoms. The summed E-state index contributed by atoms with van der Waals surface area (Å²) in [6.07, 6.45) is 15.4. The van der Waals surface area contributed by atoms with Crippen molar-refractivity contribution in [1.29, 1.82) is 0 Å². The van der Waals surface area contributed by atoms with Crippen LogP contribution in [-0.4, -0.2) is 83.1 Å². The minimum Gasteiger partial charge on any atom is -0.346 e. The molecule has 2 saturated carbocycles. The van der Waals surface area contributed by atoms with Gasteiger partial charge in [0.2, 0.25) is 0 Å². The SMILES string of the molecule is CC(C)C[C@H]1CN(CCCC[C@@H]2CNC(=O)C(=O)N2CC2CCCCC2)C(=O)C(=O)N1CC1CCCCC1. The molecule has 2 aliphatic heterocycles. The summed E-state index contributed by atoms with van der Waals surface area (Å²) in [4.78, 5) is 56.6. The fourth-order valence-corrected chi connectivity index (χ4v) is 7.19. The normalized spacial score (nSPS) is 26.4. The first-order valence-corrected chi connectivity index (χ1v) is 15.5. The van der Waals surface area contributed by atoms with Crippen molar-refractivity contribution in [1.82, 2.24) is 20.0 Å². The van der Waals surface area contributed by atoms with Gasteiger partial charge in [0.1, 0.15) is 0 Å². The van der Waals surface area contributed by atoms with Gasteiger partial charge in [-0.15, -0.1) is 0 Å². The van der Waals surface area contributed by atoms with E-state index in [4.69, 9.17) is 0 Å². The Labute approximate surface area is 229 Å². The zero-order chi connectivity index (χ0) is 27.1. The van der Waals surface area contributed by atoms with E-state index in [0.717, 1.165) is 57.9 Å². The van der Waals surface area contributed by atoms with E-state index in [1.165, 1.54) is 38.5 Å². The first-order chi connectivity index (χ1) is 18.3. The van der Waals surface area contributed by atoms with Gasteiger partial charge in [-0.25, -0.2) is 0 Å². The number of amides is 4. The predicted octanol–water partition coefficient (Wildman–Crippen LogP) is 3.73. The molecule has 2 heterocycles. The van der Waals surface area contributed by atoms with E-state index in [1.807, 2.05) is 9.80 Å². The van der Waals surface area contributed by atoms with Crippen molar-refractivity contribution in [3.8, 4) is 0 Å². The van der Waals surface area contributed by atoms with Crippen LogP contribution >= 0.6 is 0 Å². The number of carbonyl (C=O) groups is 4. The number of nitrogens with one attached hydrogen (secondary N) is 1. The summed E-state index contributed by atoms with van der Waals surface area (Å²) in [5.41, 5.74) is 0. The largest absolute Gasteiger partial charge is 0.346 e. The van der Waals surface area contributed by atoms with Crippen LogP contribution in [0.25, 0.3) is 0 Å². The molecule has 4 amide bonds. The molecule has 4 fully saturated rings. The van der Waals surface area contributed by atoms with Crippen LogP contribution in [0, 0.1) is 17.8 Å². The summed E-state index contributed by atoms with van der Waals surface area (Å²) in [6, 6.07) is 0.111. The molecule has 2 atom stereocenters. The summed E-state index contributed by atoms with van der Waals surface area (Å²) in [6.45, 7) is 7.50. The van der Waals surface area contributed by atoms with Crippen LogP contribution in [0.5, 0.6) is 0 Å². The van der Waals surface area contributed by atoms with Gasteiger partial charge in [-0.2, -0.15) is 0 Å². The van der Waals surface area contributed by atoms with E-state index in [2.05, 4.69) is 19.2 Å². The lowest BCUT2D eigenvalue weighted by molar-refractivity contribution is -0.160. The second-order valence-corrected chi connectivity index (χ2v) is 12.8. The second kappa shape index (κ2) is 13.8. The zero-order valence-corrected chi connectivity index (χ0v) is 23.8. The van der Waals surface area contributed by atoms with E-state index < -0.39 is 11.8 Å². The Kier molecular flexibility index (Phi) is 10.5. The fraction of sp³-hybridized carbons (Fsp3) is 0.867. The Balaban J connectivity index is 1.29. The van der Waals surface area contributed by atoms with Crippen molar-refractivity contribution in [2.24, 2.45) is 17.8 Å². The van der Waals surface area contributed by atoms with E-state index in [0.29, 0.717) is 43.9 Å². The van der Waals surface area contributed by atoms with E-state index in [1.54, 1.807) is 4.90 Å². The van der Waals surface area contributed by atoms with Gasteiger partial charge < -0.3 is 20.0 Å². The first-order valence-electron chi connectivity index (χ1n) is 15.5. The summed E-state index contributed by atoms with van der Waals surface area (Å²) in [5, 5.41) is 2.77. The summed E-state index contributed by atoms with van der Waals surface area (Å²) in [5.74, 6) is -0.0522. The molecule has 8 heteroatoms. The number of hydrogen-bond acceptors (Lipinski definition) is 4. The number of nitrogens with zero attached hydrogens (tertiary/aromatic N) is 3. The van der Waals surface area contributed by atoms with Gasteiger partial charge in [-0.05, 0) is 69.1 Å². The van der Waals surface area contributed by atoms with Gasteiger partial charge in [-0.3, -0.25) is 19.2 Å². The van der Waals surface area contributed by atoms with Crippen molar-refractivity contribution >= 4 is 23.6 Å². The molecule has 0 aromatic heterocycles. The molecule has 0 spiro atoms. The Hall–Kier alpha value is -2.12. The van der Waals surface area contributed by atoms with Crippen molar-refractivity contribution < 1.29 is 19.2 Å². The van der Waals surface area contributed by atoms with Crippen LogP contribution in [0.3, 0.4) is 0 Å². The number of piperazine rings is 2. The smallest absolute Gasteiger partial charge is 0.312 e. The zero-order valence-electron chi connectivity index (χ0n) is 23.8. The molecule has 0 unspecified atom stereocenters. The lowest BCUT2D eigenvalue weighted by Gasteiger charge is -2.43. The van der Waals surface area contributed by atoms with Crippen molar-refractivity contribution in [3.63, 3.8) is 0 Å². The molecular weight excluding hydrogens is 480 g/mol. The number of hydrogen-bond donors (Lipinski definition) is 1. The highest BCUT2D eigenvalue weighted by molar-refractivity contribution is 6.36. The minimum atomic E-state index is -0.483. The third kappa shape index (κ3) is 7.50. The maximum atomic E-state index is 13.2. The highest BCUT2D eigenvalue weighted by Gasteiger charge is 2.40. The maximum Gasteiger partial charge on any atom is 0.312 e. The Morgan fingerprint density at radius 2 is 1.32 bits per heavy atom. The second-order valence-electron chi connectivity index (χ2n) is 12.8. The predicted molar refractivity (Wildman–Crippen MR) is 147 cm³/mol. The number of rotatable bonds is 11. The molecule has 0 bridgehead atoms. The van der Waals surface area contributed by atoms with Gasteiger partial charge in [0.15, 0.2) is 0 Å². The number of carbonyl (C=O) groups excluding carboxylic acids is 4. The van der Waals surface area contributed by atoms with Crippen LogP contribution in [0.15, 0.2) is 0 Å². The highest BCUT2D eigenvalue weighted by Crippen LogP contribution is 2.29. The molecule has 4 rings (SSSR count). The molecule has 0 aromatic carbocycles. The molecule has 2 aliphatic carbocycles. The van der Waals surface area contributed by atoms with Gasteiger partial charge in [0.25, 0.3) is 0 Å². The summed E-state index contributed by atoms with van der Waals surface area (Å²) >= 11 is 0. The topological polar surface area (TPSA) is 90.0 Å². The lowest BCUT2D eigenvalue weighted by atomic mass is 9.87. The van der Waals surface area contributed by atoms with Crippen LogP contribution < -0.4 is 5.32 Å². The quantitative estimate of drug-likeness (QED) is 0.326. The first kappa shape index (κ1) is 28.9. The van der Waals surface area contributed by atoms with Crippen LogP contribution in [0.1, 0.15) is 104 Å². The van der Waals surface area contributed by atoms with Gasteiger partial charge in [0, 0.05) is 38.8 Å². The van der Waals surface area contributed by atoms with Crippen molar-refractivity contribution in [2.75, 3.05) is 32.7 Å². The molecule has 1 N–H and O–H groups in total. The van der Waals surface area contributed by atoms with Crippen LogP contribution in [0.2, 0.25) is 0 Å². The summed E-state index contributed by atoms with van der Waals surface area (Å²) < 4.78 is 0. The Bertz CT molecular complexity index is 834.